The van der Waals surface area contributed by atoms with Crippen LogP contribution in [0.15, 0.2) is 36.4 Å². The highest BCUT2D eigenvalue weighted by atomic mass is 35.5. The smallest absolute Gasteiger partial charge is 0.345 e. The van der Waals surface area contributed by atoms with Crippen LogP contribution in [-0.4, -0.2) is 17.0 Å². The highest BCUT2D eigenvalue weighted by molar-refractivity contribution is 6.35. The van der Waals surface area contributed by atoms with E-state index in [1.54, 1.807) is 12.1 Å². The van der Waals surface area contributed by atoms with Crippen molar-refractivity contribution in [1.82, 2.24) is 0 Å². The van der Waals surface area contributed by atoms with Crippen molar-refractivity contribution in [2.24, 2.45) is 0 Å². The number of halogens is 2. The van der Waals surface area contributed by atoms with Crippen molar-refractivity contribution in [1.29, 1.82) is 0 Å². The molecule has 26 heavy (non-hydrogen) atoms. The van der Waals surface area contributed by atoms with Gasteiger partial charge in [0, 0.05) is 17.2 Å². The minimum absolute atomic E-state index is 0.149. The van der Waals surface area contributed by atoms with Gasteiger partial charge in [0.1, 0.15) is 23.2 Å². The lowest BCUT2D eigenvalue weighted by Crippen LogP contribution is -2.16. The molecule has 2 aromatic rings. The quantitative estimate of drug-likeness (QED) is 0.363. The second-order valence-corrected chi connectivity index (χ2v) is 6.77. The topological polar surface area (TPSA) is 78.7 Å². The Balaban J connectivity index is 1.87. The maximum Gasteiger partial charge on any atom is 0.345 e. The molecule has 0 saturated heterocycles. The number of nitro groups is 1. The Bertz CT molecular complexity index is 849. The van der Waals surface area contributed by atoms with Crippen LogP contribution in [0.3, 0.4) is 0 Å². The first-order valence-electron chi connectivity index (χ1n) is 8.06. The molecule has 136 valence electrons. The fourth-order valence-electron chi connectivity index (χ4n) is 2.81. The van der Waals surface area contributed by atoms with Crippen molar-refractivity contribution in [3.05, 3.63) is 62.1 Å². The van der Waals surface area contributed by atoms with Crippen LogP contribution in [0.5, 0.6) is 11.5 Å². The SMILES string of the molecule is O=C(OC1CCCC1)c1cc(Oc2ccc(Cl)cc2Cl)ccc1[N+](=O)[O-]. The largest absolute Gasteiger partial charge is 0.459 e. The molecule has 0 amide bonds. The van der Waals surface area contributed by atoms with E-state index in [0.29, 0.717) is 10.8 Å². The molecule has 8 heteroatoms. The van der Waals surface area contributed by atoms with Crippen LogP contribution in [0.4, 0.5) is 5.69 Å². The molecule has 2 aromatic carbocycles. The van der Waals surface area contributed by atoms with Crippen LogP contribution in [0, 0.1) is 10.1 Å². The van der Waals surface area contributed by atoms with E-state index in [9.17, 15) is 14.9 Å². The number of ether oxygens (including phenoxy) is 2. The van der Waals surface area contributed by atoms with Crippen LogP contribution < -0.4 is 4.74 Å². The summed E-state index contributed by atoms with van der Waals surface area (Å²) in [5.74, 6) is -0.172. The normalized spacial score (nSPS) is 14.2. The van der Waals surface area contributed by atoms with Crippen molar-refractivity contribution in [2.45, 2.75) is 31.8 Å². The van der Waals surface area contributed by atoms with E-state index in [1.807, 2.05) is 0 Å². The highest BCUT2D eigenvalue weighted by Crippen LogP contribution is 2.34. The number of rotatable bonds is 5. The summed E-state index contributed by atoms with van der Waals surface area (Å²) >= 11 is 11.9. The zero-order valence-corrected chi connectivity index (χ0v) is 15.1. The number of hydrogen-bond acceptors (Lipinski definition) is 5. The summed E-state index contributed by atoms with van der Waals surface area (Å²) in [6, 6.07) is 8.59. The Labute approximate surface area is 159 Å². The fraction of sp³-hybridized carbons (Fsp3) is 0.278. The van der Waals surface area contributed by atoms with Gasteiger partial charge in [-0.05, 0) is 49.9 Å². The van der Waals surface area contributed by atoms with Crippen LogP contribution in [0.2, 0.25) is 10.0 Å². The maximum absolute atomic E-state index is 12.4. The predicted octanol–water partition coefficient (Wildman–Crippen LogP) is 5.79. The molecule has 0 aromatic heterocycles. The molecule has 0 atom stereocenters. The van der Waals surface area contributed by atoms with Crippen LogP contribution >= 0.6 is 23.2 Å². The van der Waals surface area contributed by atoms with E-state index in [1.165, 1.54) is 24.3 Å². The van der Waals surface area contributed by atoms with Gasteiger partial charge in [0.05, 0.1) is 9.95 Å². The third-order valence-corrected chi connectivity index (χ3v) is 4.61. The first-order valence-corrected chi connectivity index (χ1v) is 8.82. The number of benzene rings is 2. The lowest BCUT2D eigenvalue weighted by atomic mass is 10.1. The number of nitrogens with zero attached hydrogens (tertiary/aromatic N) is 1. The molecular weight excluding hydrogens is 381 g/mol. The van der Waals surface area contributed by atoms with Crippen LogP contribution in [-0.2, 0) is 4.74 Å². The Kier molecular flexibility index (Phi) is 5.64. The van der Waals surface area contributed by atoms with Gasteiger partial charge in [0.2, 0.25) is 0 Å². The number of carbonyl (C=O) groups excluding carboxylic acids is 1. The molecule has 3 rings (SSSR count). The minimum atomic E-state index is -0.726. The van der Waals surface area contributed by atoms with Gasteiger partial charge in [-0.25, -0.2) is 4.79 Å². The van der Waals surface area contributed by atoms with Crippen LogP contribution in [0.1, 0.15) is 36.0 Å². The predicted molar refractivity (Wildman–Crippen MR) is 97.3 cm³/mol. The molecule has 1 fully saturated rings. The zero-order valence-electron chi connectivity index (χ0n) is 13.6. The summed E-state index contributed by atoms with van der Waals surface area (Å²) in [5, 5.41) is 12.0. The Hall–Kier alpha value is -2.31. The zero-order chi connectivity index (χ0) is 18.7. The van der Waals surface area contributed by atoms with Crippen molar-refractivity contribution >= 4 is 34.9 Å². The molecule has 1 saturated carbocycles. The summed E-state index contributed by atoms with van der Waals surface area (Å²) in [7, 11) is 0. The summed E-state index contributed by atoms with van der Waals surface area (Å²) in [6.07, 6.45) is 3.32. The monoisotopic (exact) mass is 395 g/mol. The molecule has 6 nitrogen and oxygen atoms in total. The van der Waals surface area contributed by atoms with Crippen molar-refractivity contribution in [2.75, 3.05) is 0 Å². The van der Waals surface area contributed by atoms with E-state index in [-0.39, 0.29) is 28.1 Å². The molecule has 0 heterocycles. The van der Waals surface area contributed by atoms with E-state index in [0.717, 1.165) is 25.7 Å². The highest BCUT2D eigenvalue weighted by Gasteiger charge is 2.26. The molecule has 0 unspecified atom stereocenters. The summed E-state index contributed by atoms with van der Waals surface area (Å²) in [5.41, 5.74) is -0.480. The second-order valence-electron chi connectivity index (χ2n) is 5.92. The Morgan fingerprint density at radius 2 is 1.85 bits per heavy atom. The third-order valence-electron chi connectivity index (χ3n) is 4.08. The van der Waals surface area contributed by atoms with E-state index < -0.39 is 10.9 Å². The van der Waals surface area contributed by atoms with E-state index >= 15 is 0 Å². The van der Waals surface area contributed by atoms with Gasteiger partial charge in [-0.3, -0.25) is 10.1 Å². The van der Waals surface area contributed by atoms with E-state index in [2.05, 4.69) is 0 Å². The fourth-order valence-corrected chi connectivity index (χ4v) is 3.25. The summed E-state index contributed by atoms with van der Waals surface area (Å²) in [4.78, 5) is 23.0. The molecule has 0 spiro atoms. The van der Waals surface area contributed by atoms with Gasteiger partial charge in [-0.2, -0.15) is 0 Å². The van der Waals surface area contributed by atoms with Gasteiger partial charge in [0.15, 0.2) is 0 Å². The molecule has 0 radical (unpaired) electrons. The number of carbonyl (C=O) groups is 1. The standard InChI is InChI=1S/C18H15Cl2NO5/c19-11-5-8-17(15(20)9-11)25-13-6-7-16(21(23)24)14(10-13)18(22)26-12-3-1-2-4-12/h5-10,12H,1-4H2. The van der Waals surface area contributed by atoms with Gasteiger partial charge in [-0.1, -0.05) is 23.2 Å². The average molecular weight is 396 g/mol. The van der Waals surface area contributed by atoms with Crippen molar-refractivity contribution < 1.29 is 19.2 Å². The lowest BCUT2D eigenvalue weighted by Gasteiger charge is -2.13. The second kappa shape index (κ2) is 7.93. The van der Waals surface area contributed by atoms with Gasteiger partial charge in [0.25, 0.3) is 5.69 Å². The van der Waals surface area contributed by atoms with Gasteiger partial charge < -0.3 is 9.47 Å². The number of nitro benzene ring substituents is 1. The Morgan fingerprint density at radius 1 is 1.12 bits per heavy atom. The summed E-state index contributed by atoms with van der Waals surface area (Å²) in [6.45, 7) is 0. The van der Waals surface area contributed by atoms with Gasteiger partial charge in [-0.15, -0.1) is 0 Å². The molecule has 0 bridgehead atoms. The molecule has 1 aliphatic rings. The molecule has 0 aliphatic heterocycles. The van der Waals surface area contributed by atoms with Gasteiger partial charge >= 0.3 is 5.97 Å². The number of esters is 1. The summed E-state index contributed by atoms with van der Waals surface area (Å²) < 4.78 is 11.0. The lowest BCUT2D eigenvalue weighted by molar-refractivity contribution is -0.385. The van der Waals surface area contributed by atoms with Crippen molar-refractivity contribution in [3.8, 4) is 11.5 Å². The maximum atomic E-state index is 12.4. The molecular formula is C18H15Cl2NO5. The Morgan fingerprint density at radius 3 is 2.50 bits per heavy atom. The first kappa shape index (κ1) is 18.5. The minimum Gasteiger partial charge on any atom is -0.459 e. The first-order chi connectivity index (χ1) is 12.4. The van der Waals surface area contributed by atoms with Crippen LogP contribution in [0.25, 0.3) is 0 Å². The third kappa shape index (κ3) is 4.26. The number of hydrogen-bond donors (Lipinski definition) is 0. The van der Waals surface area contributed by atoms with Crippen molar-refractivity contribution in [3.63, 3.8) is 0 Å². The average Bonchev–Trinajstić information content (AvgIpc) is 3.10. The molecule has 1 aliphatic carbocycles. The van der Waals surface area contributed by atoms with E-state index in [4.69, 9.17) is 32.7 Å². The molecule has 0 N–H and O–H groups in total.